The van der Waals surface area contributed by atoms with Gasteiger partial charge in [-0.15, -0.1) is 0 Å². The molecule has 2 aromatic rings. The Morgan fingerprint density at radius 2 is 2.25 bits per heavy atom. The van der Waals surface area contributed by atoms with E-state index in [-0.39, 0.29) is 5.97 Å². The minimum atomic E-state index is -0.171. The standard InChI is InChI=1S/C12H14NO2S/c1-2-7-15-12(14)8-13-9-16-11-6-4-3-5-10(11)13/h3-6,9H,2,7-8H2,1H3/q+1. The van der Waals surface area contributed by atoms with Gasteiger partial charge in [-0.1, -0.05) is 30.4 Å². The van der Waals surface area contributed by atoms with Crippen molar-refractivity contribution in [2.75, 3.05) is 6.61 Å². The first kappa shape index (κ1) is 11.1. The maximum absolute atomic E-state index is 11.5. The summed E-state index contributed by atoms with van der Waals surface area (Å²) < 4.78 is 8.17. The van der Waals surface area contributed by atoms with Crippen LogP contribution in [-0.4, -0.2) is 12.6 Å². The van der Waals surface area contributed by atoms with Crippen molar-refractivity contribution < 1.29 is 14.1 Å². The minimum Gasteiger partial charge on any atom is -0.461 e. The van der Waals surface area contributed by atoms with Gasteiger partial charge >= 0.3 is 5.97 Å². The molecule has 1 aromatic carbocycles. The number of fused-ring (bicyclic) bond motifs is 1. The zero-order valence-corrected chi connectivity index (χ0v) is 10.00. The molecule has 1 heterocycles. The van der Waals surface area contributed by atoms with Crippen LogP contribution in [0.5, 0.6) is 0 Å². The molecule has 0 aliphatic heterocycles. The number of thiazole rings is 1. The predicted molar refractivity (Wildman–Crippen MR) is 63.3 cm³/mol. The largest absolute Gasteiger partial charge is 0.461 e. The molecule has 2 rings (SSSR count). The highest BCUT2D eigenvalue weighted by Gasteiger charge is 2.15. The van der Waals surface area contributed by atoms with E-state index in [1.54, 1.807) is 11.3 Å². The molecule has 0 fully saturated rings. The van der Waals surface area contributed by atoms with Gasteiger partial charge < -0.3 is 4.74 Å². The first-order valence-corrected chi connectivity index (χ1v) is 6.20. The lowest BCUT2D eigenvalue weighted by atomic mass is 10.3. The lowest BCUT2D eigenvalue weighted by Gasteiger charge is -1.98. The van der Waals surface area contributed by atoms with Crippen molar-refractivity contribution in [2.45, 2.75) is 19.9 Å². The lowest BCUT2D eigenvalue weighted by Crippen LogP contribution is -2.37. The minimum absolute atomic E-state index is 0.171. The third-order valence-electron chi connectivity index (χ3n) is 2.25. The zero-order valence-electron chi connectivity index (χ0n) is 9.18. The average molecular weight is 236 g/mol. The Morgan fingerprint density at radius 1 is 1.44 bits per heavy atom. The lowest BCUT2D eigenvalue weighted by molar-refractivity contribution is -0.655. The van der Waals surface area contributed by atoms with Crippen LogP contribution in [0, 0.1) is 0 Å². The smallest absolute Gasteiger partial charge is 0.372 e. The van der Waals surface area contributed by atoms with Gasteiger partial charge in [0, 0.05) is 6.07 Å². The molecule has 1 aromatic heterocycles. The summed E-state index contributed by atoms with van der Waals surface area (Å²) in [7, 11) is 0. The normalized spacial score (nSPS) is 10.6. The van der Waals surface area contributed by atoms with Crippen molar-refractivity contribution in [3.8, 4) is 0 Å². The summed E-state index contributed by atoms with van der Waals surface area (Å²) in [5.74, 6) is -0.171. The van der Waals surface area contributed by atoms with Crippen molar-refractivity contribution in [3.63, 3.8) is 0 Å². The van der Waals surface area contributed by atoms with Crippen LogP contribution in [0.2, 0.25) is 0 Å². The SMILES string of the molecule is CCCOC(=O)C[n+]1csc2ccccc21. The predicted octanol–water partition coefficient (Wildman–Crippen LogP) is 2.14. The van der Waals surface area contributed by atoms with Crippen molar-refractivity contribution >= 4 is 27.5 Å². The number of nitrogens with zero attached hydrogens (tertiary/aromatic N) is 1. The number of carbonyl (C=O) groups excluding carboxylic acids is 1. The number of rotatable bonds is 4. The van der Waals surface area contributed by atoms with Gasteiger partial charge in [0.2, 0.25) is 17.6 Å². The second-order valence-electron chi connectivity index (χ2n) is 3.54. The molecule has 0 bridgehead atoms. The summed E-state index contributed by atoms with van der Waals surface area (Å²) in [6.45, 7) is 2.78. The third-order valence-corrected chi connectivity index (χ3v) is 3.21. The Kier molecular flexibility index (Phi) is 3.51. The van der Waals surface area contributed by atoms with Gasteiger partial charge in [-0.05, 0) is 12.5 Å². The number of aromatic nitrogens is 1. The second-order valence-corrected chi connectivity index (χ2v) is 4.43. The topological polar surface area (TPSA) is 30.2 Å². The molecular formula is C12H14NO2S+. The third kappa shape index (κ3) is 2.39. The van der Waals surface area contributed by atoms with Gasteiger partial charge in [0.1, 0.15) is 4.70 Å². The molecule has 0 amide bonds. The molecule has 0 atom stereocenters. The van der Waals surface area contributed by atoms with Crippen LogP contribution < -0.4 is 4.57 Å². The van der Waals surface area contributed by atoms with Gasteiger partial charge in [-0.2, -0.15) is 4.57 Å². The molecule has 4 heteroatoms. The summed E-state index contributed by atoms with van der Waals surface area (Å²) in [6.07, 6.45) is 0.862. The van der Waals surface area contributed by atoms with E-state index >= 15 is 0 Å². The number of esters is 1. The molecule has 0 saturated carbocycles. The van der Waals surface area contributed by atoms with Crippen LogP contribution in [0.15, 0.2) is 29.8 Å². The number of para-hydroxylation sites is 1. The van der Waals surface area contributed by atoms with E-state index in [0.29, 0.717) is 13.2 Å². The fourth-order valence-corrected chi connectivity index (χ4v) is 2.39. The monoisotopic (exact) mass is 236 g/mol. The van der Waals surface area contributed by atoms with Gasteiger partial charge in [0.05, 0.1) is 6.61 Å². The van der Waals surface area contributed by atoms with Crippen LogP contribution in [-0.2, 0) is 16.1 Å². The molecule has 0 aliphatic rings. The zero-order chi connectivity index (χ0) is 11.4. The summed E-state index contributed by atoms with van der Waals surface area (Å²) in [5.41, 5.74) is 3.04. The van der Waals surface area contributed by atoms with Crippen LogP contribution in [0.3, 0.4) is 0 Å². The first-order valence-electron chi connectivity index (χ1n) is 5.32. The molecule has 3 nitrogen and oxygen atoms in total. The Balaban J connectivity index is 2.12. The fourth-order valence-electron chi connectivity index (χ4n) is 1.49. The van der Waals surface area contributed by atoms with Crippen molar-refractivity contribution in [3.05, 3.63) is 29.8 Å². The Bertz CT molecular complexity index is 492. The van der Waals surface area contributed by atoms with E-state index < -0.39 is 0 Å². The van der Waals surface area contributed by atoms with Crippen LogP contribution in [0.25, 0.3) is 10.2 Å². The van der Waals surface area contributed by atoms with Gasteiger partial charge in [0.15, 0.2) is 0 Å². The molecule has 0 N–H and O–H groups in total. The molecule has 0 saturated heterocycles. The fraction of sp³-hybridized carbons (Fsp3) is 0.333. The van der Waals surface area contributed by atoms with E-state index in [1.807, 2.05) is 41.3 Å². The number of carbonyl (C=O) groups is 1. The highest BCUT2D eigenvalue weighted by Crippen LogP contribution is 2.14. The van der Waals surface area contributed by atoms with E-state index in [1.165, 1.54) is 4.70 Å². The summed E-state index contributed by atoms with van der Waals surface area (Å²) in [4.78, 5) is 11.5. The van der Waals surface area contributed by atoms with Crippen LogP contribution in [0.1, 0.15) is 13.3 Å². The number of ether oxygens (including phenoxy) is 1. The Hall–Kier alpha value is -1.42. The van der Waals surface area contributed by atoms with Gasteiger partial charge in [-0.3, -0.25) is 0 Å². The van der Waals surface area contributed by atoms with Crippen LogP contribution in [0.4, 0.5) is 0 Å². The first-order chi connectivity index (χ1) is 7.81. The molecule has 0 unspecified atom stereocenters. The Morgan fingerprint density at radius 3 is 3.06 bits per heavy atom. The molecule has 0 radical (unpaired) electrons. The van der Waals surface area contributed by atoms with E-state index in [0.717, 1.165) is 11.9 Å². The second kappa shape index (κ2) is 5.07. The van der Waals surface area contributed by atoms with E-state index in [9.17, 15) is 4.79 Å². The van der Waals surface area contributed by atoms with Crippen molar-refractivity contribution in [1.29, 1.82) is 0 Å². The quantitative estimate of drug-likeness (QED) is 0.601. The summed E-state index contributed by atoms with van der Waals surface area (Å²) in [5, 5.41) is 0. The molecule has 16 heavy (non-hydrogen) atoms. The molecule has 0 aliphatic carbocycles. The van der Waals surface area contributed by atoms with Gasteiger partial charge in [0.25, 0.3) is 0 Å². The van der Waals surface area contributed by atoms with Gasteiger partial charge in [-0.25, -0.2) is 4.79 Å². The summed E-state index contributed by atoms with van der Waals surface area (Å²) in [6, 6.07) is 8.04. The molecule has 0 spiro atoms. The van der Waals surface area contributed by atoms with E-state index in [2.05, 4.69) is 0 Å². The van der Waals surface area contributed by atoms with E-state index in [4.69, 9.17) is 4.74 Å². The Labute approximate surface area is 98.3 Å². The average Bonchev–Trinajstić information content (AvgIpc) is 2.70. The number of benzene rings is 1. The number of hydrogen-bond donors (Lipinski definition) is 0. The van der Waals surface area contributed by atoms with Crippen molar-refractivity contribution in [1.82, 2.24) is 0 Å². The highest BCUT2D eigenvalue weighted by atomic mass is 32.1. The molecule has 84 valence electrons. The number of hydrogen-bond acceptors (Lipinski definition) is 3. The maximum atomic E-state index is 11.5. The maximum Gasteiger partial charge on any atom is 0.372 e. The molecular weight excluding hydrogens is 222 g/mol. The van der Waals surface area contributed by atoms with Crippen molar-refractivity contribution in [2.24, 2.45) is 0 Å². The van der Waals surface area contributed by atoms with Crippen LogP contribution >= 0.6 is 11.3 Å². The highest BCUT2D eigenvalue weighted by molar-refractivity contribution is 7.16. The summed E-state index contributed by atoms with van der Waals surface area (Å²) >= 11 is 1.63.